The van der Waals surface area contributed by atoms with E-state index in [9.17, 15) is 0 Å². The number of nitrogens with zero attached hydrogens (tertiary/aromatic N) is 1. The molecule has 0 radical (unpaired) electrons. The van der Waals surface area contributed by atoms with Gasteiger partial charge in [-0.3, -0.25) is 0 Å². The van der Waals surface area contributed by atoms with Crippen LogP contribution in [-0.4, -0.2) is 16.1 Å². The molecule has 0 fully saturated rings. The van der Waals surface area contributed by atoms with Crippen molar-refractivity contribution in [3.05, 3.63) is 331 Å². The molecule has 1 nitrogen and oxygen atoms in total. The molecular weight excluding hydrogens is 887 g/mol. The molecule has 338 valence electrons. The van der Waals surface area contributed by atoms with E-state index in [2.05, 4.69) is 315 Å². The van der Waals surface area contributed by atoms with Crippen LogP contribution in [0.25, 0.3) is 0 Å². The predicted molar refractivity (Wildman–Crippen MR) is 305 cm³/mol. The topological polar surface area (TPSA) is 3.24 Å². The zero-order valence-corrected chi connectivity index (χ0v) is 41.8. The third kappa shape index (κ3) is 7.11. The molecular formula is C68H53NSi2. The van der Waals surface area contributed by atoms with Crippen LogP contribution in [0.3, 0.4) is 0 Å². The first-order valence-corrected chi connectivity index (χ1v) is 28.8. The Morgan fingerprint density at radius 3 is 0.915 bits per heavy atom. The van der Waals surface area contributed by atoms with Crippen LogP contribution in [0.15, 0.2) is 303 Å². The molecule has 0 aromatic heterocycles. The first kappa shape index (κ1) is 43.9. The largest absolute Gasteiger partial charge is 0.310 e. The maximum atomic E-state index is 2.62. The zero-order valence-electron chi connectivity index (χ0n) is 39.8. The lowest BCUT2D eigenvalue weighted by Crippen LogP contribution is -2.74. The van der Waals surface area contributed by atoms with Crippen molar-refractivity contribution in [3.63, 3.8) is 0 Å². The minimum atomic E-state index is -2.97. The number of rotatable bonds is 11. The normalized spacial score (nSPS) is 12.9. The molecule has 11 aromatic carbocycles. The second-order valence-electron chi connectivity index (χ2n) is 18.8. The average Bonchev–Trinajstić information content (AvgIpc) is 3.45. The lowest BCUT2D eigenvalue weighted by Gasteiger charge is -2.47. The van der Waals surface area contributed by atoms with Crippen LogP contribution in [0.2, 0.25) is 0 Å². The molecule has 0 saturated carbocycles. The summed E-state index contributed by atoms with van der Waals surface area (Å²) in [5.74, 6) is 0. The van der Waals surface area contributed by atoms with E-state index >= 15 is 0 Å². The number of hydrogen-bond donors (Lipinski definition) is 0. The van der Waals surface area contributed by atoms with Crippen LogP contribution in [0.4, 0.5) is 17.1 Å². The summed E-state index contributed by atoms with van der Waals surface area (Å²) in [6.45, 7) is 2.24. The Morgan fingerprint density at radius 1 is 0.268 bits per heavy atom. The fourth-order valence-electron chi connectivity index (χ4n) is 12.1. The van der Waals surface area contributed by atoms with Crippen molar-refractivity contribution in [1.82, 2.24) is 0 Å². The fraction of sp³-hybridized carbons (Fsp3) is 0.0294. The molecule has 1 aliphatic rings. The van der Waals surface area contributed by atoms with Crippen LogP contribution in [0, 0.1) is 6.92 Å². The Labute approximate surface area is 420 Å². The van der Waals surface area contributed by atoms with E-state index in [1.165, 1.54) is 80.7 Å². The average molecular weight is 940 g/mol. The number of fused-ring (bicyclic) bond motifs is 2. The van der Waals surface area contributed by atoms with Gasteiger partial charge >= 0.3 is 0 Å². The van der Waals surface area contributed by atoms with Gasteiger partial charge in [-0.05, 0) is 94.9 Å². The summed E-state index contributed by atoms with van der Waals surface area (Å²) in [7, 11) is -5.74. The lowest BCUT2D eigenvalue weighted by atomic mass is 9.62. The number of hydrogen-bond acceptors (Lipinski definition) is 1. The van der Waals surface area contributed by atoms with Crippen molar-refractivity contribution in [2.24, 2.45) is 0 Å². The summed E-state index contributed by atoms with van der Waals surface area (Å²) in [5, 5.41) is 10.8. The lowest BCUT2D eigenvalue weighted by molar-refractivity contribution is 0.731. The van der Waals surface area contributed by atoms with E-state index in [0.717, 1.165) is 5.69 Å². The quantitative estimate of drug-likeness (QED) is 0.0923. The van der Waals surface area contributed by atoms with Gasteiger partial charge in [0.05, 0.1) is 16.8 Å². The van der Waals surface area contributed by atoms with Gasteiger partial charge in [-0.2, -0.15) is 0 Å². The summed E-state index contributed by atoms with van der Waals surface area (Å²) in [4.78, 5) is 2.55. The van der Waals surface area contributed by atoms with E-state index < -0.39 is 21.6 Å². The first-order valence-electron chi connectivity index (χ1n) is 24.8. The summed E-state index contributed by atoms with van der Waals surface area (Å²) in [6, 6.07) is 114. The predicted octanol–water partition coefficient (Wildman–Crippen LogP) is 10.9. The van der Waals surface area contributed by atoms with Gasteiger partial charge in [-0.1, -0.05) is 285 Å². The highest BCUT2D eigenvalue weighted by molar-refractivity contribution is 7.20. The maximum absolute atomic E-state index is 2.97. The molecule has 0 bridgehead atoms. The van der Waals surface area contributed by atoms with Gasteiger partial charge in [0.2, 0.25) is 0 Å². The van der Waals surface area contributed by atoms with Crippen molar-refractivity contribution >= 4 is 74.7 Å². The summed E-state index contributed by atoms with van der Waals surface area (Å²) < 4.78 is 0. The van der Waals surface area contributed by atoms with Gasteiger partial charge in [0.1, 0.15) is 0 Å². The van der Waals surface area contributed by atoms with Crippen molar-refractivity contribution < 1.29 is 0 Å². The van der Waals surface area contributed by atoms with E-state index in [4.69, 9.17) is 0 Å². The Morgan fingerprint density at radius 2 is 0.549 bits per heavy atom. The van der Waals surface area contributed by atoms with Crippen LogP contribution in [0.5, 0.6) is 0 Å². The highest BCUT2D eigenvalue weighted by atomic mass is 28.3. The second kappa shape index (κ2) is 18.5. The number of anilines is 3. The molecule has 71 heavy (non-hydrogen) atoms. The van der Waals surface area contributed by atoms with Gasteiger partial charge in [-0.15, -0.1) is 0 Å². The third-order valence-electron chi connectivity index (χ3n) is 15.1. The van der Waals surface area contributed by atoms with Gasteiger partial charge in [0.15, 0.2) is 16.1 Å². The standard InChI is InChI=1S/C68H53NSi2/c1-52-42-48-66-64(50-52)68(53-26-10-2-11-27-53,54-28-12-3-13-29-54)65-51-63(71(59-36-20-7-21-37-59,60-38-22-8-23-39-60)61-40-24-9-25-41-61)47-49-67(65)69(66)55-43-45-62(46-44-55)70(56-30-14-4-15-31-56,57-32-16-5-17-33-57)58-34-18-6-19-35-58/h2-51H,1H3. The molecule has 0 saturated heterocycles. The van der Waals surface area contributed by atoms with Crippen molar-refractivity contribution in [2.45, 2.75) is 12.3 Å². The fourth-order valence-corrected chi connectivity index (χ4v) is 21.6. The number of aryl methyl sites for hydroxylation is 1. The van der Waals surface area contributed by atoms with Crippen molar-refractivity contribution in [2.75, 3.05) is 4.90 Å². The molecule has 11 aromatic rings. The molecule has 3 heteroatoms. The molecule has 0 unspecified atom stereocenters. The molecule has 1 heterocycles. The van der Waals surface area contributed by atoms with Gasteiger partial charge in [-0.25, -0.2) is 0 Å². The van der Waals surface area contributed by atoms with E-state index in [1.54, 1.807) is 0 Å². The Hall–Kier alpha value is -8.35. The van der Waals surface area contributed by atoms with Crippen molar-refractivity contribution in [1.29, 1.82) is 0 Å². The monoisotopic (exact) mass is 939 g/mol. The van der Waals surface area contributed by atoms with Gasteiger partial charge in [0, 0.05) is 5.69 Å². The van der Waals surface area contributed by atoms with Gasteiger partial charge < -0.3 is 4.90 Å². The van der Waals surface area contributed by atoms with Gasteiger partial charge in [0.25, 0.3) is 0 Å². The highest BCUT2D eigenvalue weighted by Crippen LogP contribution is 2.57. The van der Waals surface area contributed by atoms with Crippen molar-refractivity contribution in [3.8, 4) is 0 Å². The summed E-state index contributed by atoms with van der Waals surface area (Å²) in [5.41, 5.74) is 9.01. The maximum Gasteiger partial charge on any atom is 0.179 e. The second-order valence-corrected chi connectivity index (χ2v) is 26.4. The highest BCUT2D eigenvalue weighted by Gasteiger charge is 2.49. The van der Waals surface area contributed by atoms with Crippen LogP contribution >= 0.6 is 0 Å². The number of benzene rings is 11. The molecule has 0 N–H and O–H groups in total. The van der Waals surface area contributed by atoms with E-state index in [0.29, 0.717) is 0 Å². The Kier molecular flexibility index (Phi) is 11.5. The smallest absolute Gasteiger partial charge is 0.179 e. The minimum Gasteiger partial charge on any atom is -0.310 e. The molecule has 0 atom stereocenters. The molecule has 0 amide bonds. The van der Waals surface area contributed by atoms with Crippen LogP contribution < -0.4 is 46.4 Å². The molecule has 1 aliphatic heterocycles. The summed E-state index contributed by atoms with van der Waals surface area (Å²) in [6.07, 6.45) is 0. The summed E-state index contributed by atoms with van der Waals surface area (Å²) >= 11 is 0. The van der Waals surface area contributed by atoms with Crippen LogP contribution in [0.1, 0.15) is 27.8 Å². The molecule has 0 aliphatic carbocycles. The van der Waals surface area contributed by atoms with E-state index in [-0.39, 0.29) is 0 Å². The van der Waals surface area contributed by atoms with Crippen LogP contribution in [-0.2, 0) is 5.41 Å². The minimum absolute atomic E-state index is 0.675. The SMILES string of the molecule is Cc1ccc2c(c1)C(c1ccccc1)(c1ccccc1)c1cc([Si](c3ccccc3)(c3ccccc3)c3ccccc3)ccc1N2c1ccc([Si](c2ccccc2)(c2ccccc2)c2ccccc2)cc1. The zero-order chi connectivity index (χ0) is 47.7. The van der Waals surface area contributed by atoms with E-state index in [1.807, 2.05) is 0 Å². The molecule has 12 rings (SSSR count). The Balaban J connectivity index is 1.17. The Bertz CT molecular complexity index is 3320. The third-order valence-corrected chi connectivity index (χ3v) is 24.7. The molecule has 0 spiro atoms. The first-order chi connectivity index (χ1) is 35.1.